The van der Waals surface area contributed by atoms with E-state index in [-0.39, 0.29) is 5.41 Å². The molecule has 0 aliphatic carbocycles. The molecule has 0 aromatic carbocycles. The minimum atomic E-state index is 0.139. The first kappa shape index (κ1) is 14.0. The van der Waals surface area contributed by atoms with Crippen LogP contribution >= 0.6 is 11.3 Å². The van der Waals surface area contributed by atoms with E-state index in [9.17, 15) is 0 Å². The summed E-state index contributed by atoms with van der Waals surface area (Å²) in [5.41, 5.74) is 1.31. The molecule has 1 aliphatic rings. The molecule has 0 bridgehead atoms. The van der Waals surface area contributed by atoms with Gasteiger partial charge in [-0.1, -0.05) is 27.2 Å². The van der Waals surface area contributed by atoms with Crippen molar-refractivity contribution in [2.75, 3.05) is 13.2 Å². The summed E-state index contributed by atoms with van der Waals surface area (Å²) >= 11 is 1.71. The number of piperidine rings is 1. The fourth-order valence-corrected chi connectivity index (χ4v) is 3.03. The number of aromatic nitrogens is 1. The van der Waals surface area contributed by atoms with Gasteiger partial charge in [0.2, 0.25) is 0 Å². The normalized spacial score (nSPS) is 21.2. The number of hydrogen-bond donors (Lipinski definition) is 1. The first-order valence-electron chi connectivity index (χ1n) is 6.82. The van der Waals surface area contributed by atoms with Crippen LogP contribution in [0.25, 0.3) is 0 Å². The van der Waals surface area contributed by atoms with Gasteiger partial charge in [0, 0.05) is 16.8 Å². The molecule has 1 aromatic rings. The topological polar surface area (TPSA) is 34.1 Å². The SMILES string of the molecule is CC(C)(C)c1csc(COCC2CCCCN2)n1. The van der Waals surface area contributed by atoms with Crippen LogP contribution in [0.15, 0.2) is 5.38 Å². The molecule has 102 valence electrons. The average molecular weight is 268 g/mol. The van der Waals surface area contributed by atoms with Gasteiger partial charge >= 0.3 is 0 Å². The van der Waals surface area contributed by atoms with Crippen LogP contribution in [0.5, 0.6) is 0 Å². The van der Waals surface area contributed by atoms with Crippen molar-refractivity contribution >= 4 is 11.3 Å². The van der Waals surface area contributed by atoms with Gasteiger partial charge in [-0.2, -0.15) is 0 Å². The molecule has 2 heterocycles. The molecule has 0 spiro atoms. The van der Waals surface area contributed by atoms with Crippen molar-refractivity contribution in [3.05, 3.63) is 16.1 Å². The quantitative estimate of drug-likeness (QED) is 0.911. The maximum atomic E-state index is 5.77. The predicted octanol–water partition coefficient (Wildman–Crippen LogP) is 3.10. The molecule has 1 aliphatic heterocycles. The van der Waals surface area contributed by atoms with Gasteiger partial charge in [0.15, 0.2) is 0 Å². The summed E-state index contributed by atoms with van der Waals surface area (Å²) < 4.78 is 5.77. The lowest BCUT2D eigenvalue weighted by atomic mass is 9.93. The first-order chi connectivity index (χ1) is 8.55. The molecule has 1 unspecified atom stereocenters. The van der Waals surface area contributed by atoms with Crippen LogP contribution in [0.3, 0.4) is 0 Å². The highest BCUT2D eigenvalue weighted by Crippen LogP contribution is 2.24. The van der Waals surface area contributed by atoms with Gasteiger partial charge in [-0.05, 0) is 19.4 Å². The Bertz CT molecular complexity index is 364. The molecule has 1 atom stereocenters. The summed E-state index contributed by atoms with van der Waals surface area (Å²) in [5, 5.41) is 6.74. The van der Waals surface area contributed by atoms with Gasteiger partial charge < -0.3 is 10.1 Å². The zero-order chi connectivity index (χ0) is 13.0. The van der Waals surface area contributed by atoms with Crippen molar-refractivity contribution in [3.63, 3.8) is 0 Å². The van der Waals surface area contributed by atoms with Gasteiger partial charge in [-0.15, -0.1) is 11.3 Å². The average Bonchev–Trinajstić information content (AvgIpc) is 2.79. The van der Waals surface area contributed by atoms with E-state index < -0.39 is 0 Å². The Morgan fingerprint density at radius 1 is 1.44 bits per heavy atom. The molecule has 4 heteroatoms. The molecular weight excluding hydrogens is 244 g/mol. The molecule has 1 N–H and O–H groups in total. The van der Waals surface area contributed by atoms with E-state index in [0.717, 1.165) is 18.2 Å². The van der Waals surface area contributed by atoms with Crippen LogP contribution in [0.1, 0.15) is 50.7 Å². The third-order valence-corrected chi connectivity index (χ3v) is 4.10. The standard InChI is InChI=1S/C14H24N2OS/c1-14(2,3)12-10-18-13(16-12)9-17-8-11-6-4-5-7-15-11/h10-11,15H,4-9H2,1-3H3. The zero-order valence-electron chi connectivity index (χ0n) is 11.7. The van der Waals surface area contributed by atoms with Crippen molar-refractivity contribution in [1.82, 2.24) is 10.3 Å². The maximum Gasteiger partial charge on any atom is 0.119 e. The van der Waals surface area contributed by atoms with Gasteiger partial charge in [-0.25, -0.2) is 4.98 Å². The zero-order valence-corrected chi connectivity index (χ0v) is 12.5. The maximum absolute atomic E-state index is 5.77. The van der Waals surface area contributed by atoms with E-state index >= 15 is 0 Å². The number of thiazole rings is 1. The Labute approximate surface area is 114 Å². The molecular formula is C14H24N2OS. The lowest BCUT2D eigenvalue weighted by Gasteiger charge is -2.22. The smallest absolute Gasteiger partial charge is 0.119 e. The predicted molar refractivity (Wildman–Crippen MR) is 76.1 cm³/mol. The Kier molecular flexibility index (Phi) is 4.76. The van der Waals surface area contributed by atoms with Crippen molar-refractivity contribution in [2.24, 2.45) is 0 Å². The third kappa shape index (κ3) is 4.04. The van der Waals surface area contributed by atoms with Crippen molar-refractivity contribution in [2.45, 2.75) is 58.1 Å². The highest BCUT2D eigenvalue weighted by atomic mass is 32.1. The molecule has 1 saturated heterocycles. The molecule has 2 rings (SSSR count). The van der Waals surface area contributed by atoms with Crippen LogP contribution in [0.4, 0.5) is 0 Å². The van der Waals surface area contributed by atoms with Gasteiger partial charge in [0.1, 0.15) is 5.01 Å². The van der Waals surface area contributed by atoms with Crippen molar-refractivity contribution in [3.8, 4) is 0 Å². The van der Waals surface area contributed by atoms with E-state index in [1.165, 1.54) is 25.0 Å². The lowest BCUT2D eigenvalue weighted by Crippen LogP contribution is -2.37. The number of nitrogens with one attached hydrogen (secondary N) is 1. The van der Waals surface area contributed by atoms with E-state index in [2.05, 4.69) is 36.5 Å². The molecule has 18 heavy (non-hydrogen) atoms. The number of rotatable bonds is 4. The molecule has 1 aromatic heterocycles. The fraction of sp³-hybridized carbons (Fsp3) is 0.786. The third-order valence-electron chi connectivity index (χ3n) is 3.28. The number of nitrogens with zero attached hydrogens (tertiary/aromatic N) is 1. The number of hydrogen-bond acceptors (Lipinski definition) is 4. The van der Waals surface area contributed by atoms with Gasteiger partial charge in [0.05, 0.1) is 18.9 Å². The second-order valence-corrected chi connectivity index (χ2v) is 6.98. The molecule has 3 nitrogen and oxygen atoms in total. The molecule has 0 saturated carbocycles. The molecule has 1 fully saturated rings. The summed E-state index contributed by atoms with van der Waals surface area (Å²) in [7, 11) is 0. The van der Waals surface area contributed by atoms with Crippen LogP contribution in [0.2, 0.25) is 0 Å². The summed E-state index contributed by atoms with van der Waals surface area (Å²) in [6, 6.07) is 0.542. The molecule has 0 amide bonds. The second kappa shape index (κ2) is 6.13. The second-order valence-electron chi connectivity index (χ2n) is 6.04. The van der Waals surface area contributed by atoms with Crippen molar-refractivity contribution in [1.29, 1.82) is 0 Å². The summed E-state index contributed by atoms with van der Waals surface area (Å²) in [6.07, 6.45) is 3.87. The van der Waals surface area contributed by atoms with Crippen LogP contribution in [0, 0.1) is 0 Å². The van der Waals surface area contributed by atoms with Gasteiger partial charge in [0.25, 0.3) is 0 Å². The van der Waals surface area contributed by atoms with E-state index in [0.29, 0.717) is 12.6 Å². The van der Waals surface area contributed by atoms with E-state index in [1.54, 1.807) is 11.3 Å². The van der Waals surface area contributed by atoms with Gasteiger partial charge in [-0.3, -0.25) is 0 Å². The fourth-order valence-electron chi connectivity index (χ4n) is 2.08. The lowest BCUT2D eigenvalue weighted by molar-refractivity contribution is 0.0908. The Morgan fingerprint density at radius 2 is 2.28 bits per heavy atom. The van der Waals surface area contributed by atoms with Crippen molar-refractivity contribution < 1.29 is 4.74 Å². The minimum Gasteiger partial charge on any atom is -0.373 e. The summed E-state index contributed by atoms with van der Waals surface area (Å²) in [5.74, 6) is 0. The monoisotopic (exact) mass is 268 g/mol. The summed E-state index contributed by atoms with van der Waals surface area (Å²) in [6.45, 7) is 9.18. The van der Waals surface area contributed by atoms with Crippen LogP contribution in [-0.2, 0) is 16.8 Å². The Balaban J connectivity index is 1.74. The Morgan fingerprint density at radius 3 is 2.89 bits per heavy atom. The summed E-state index contributed by atoms with van der Waals surface area (Å²) in [4.78, 5) is 4.64. The highest BCUT2D eigenvalue weighted by molar-refractivity contribution is 7.09. The Hall–Kier alpha value is -0.450. The first-order valence-corrected chi connectivity index (χ1v) is 7.69. The highest BCUT2D eigenvalue weighted by Gasteiger charge is 2.17. The van der Waals surface area contributed by atoms with E-state index in [4.69, 9.17) is 4.74 Å². The van der Waals surface area contributed by atoms with Crippen LogP contribution in [-0.4, -0.2) is 24.2 Å². The largest absolute Gasteiger partial charge is 0.373 e. The molecule has 0 radical (unpaired) electrons. The number of ether oxygens (including phenoxy) is 1. The van der Waals surface area contributed by atoms with Crippen LogP contribution < -0.4 is 5.32 Å². The van der Waals surface area contributed by atoms with E-state index in [1.807, 2.05) is 0 Å². The minimum absolute atomic E-state index is 0.139.